The maximum atomic E-state index is 12.5. The minimum Gasteiger partial charge on any atom is -0.480 e. The maximum absolute atomic E-state index is 12.5. The van der Waals surface area contributed by atoms with Crippen molar-refractivity contribution in [3.63, 3.8) is 0 Å². The fourth-order valence-corrected chi connectivity index (χ4v) is 4.24. The number of benzene rings is 2. The highest BCUT2D eigenvalue weighted by Gasteiger charge is 2.22. The quantitative estimate of drug-likeness (QED) is 0.352. The van der Waals surface area contributed by atoms with Gasteiger partial charge in [0.1, 0.15) is 6.04 Å². The number of nitrogens with one attached hydrogen (secondary N) is 2. The zero-order valence-electron chi connectivity index (χ0n) is 17.6. The van der Waals surface area contributed by atoms with Crippen LogP contribution in [0.4, 0.5) is 0 Å². The number of H-pyrrole nitrogens is 1. The summed E-state index contributed by atoms with van der Waals surface area (Å²) < 4.78 is 1.58. The minimum absolute atomic E-state index is 0.0110. The Labute approximate surface area is 188 Å². The first kappa shape index (κ1) is 21.6. The lowest BCUT2D eigenvalue weighted by atomic mass is 10.1. The second-order valence-corrected chi connectivity index (χ2v) is 8.42. The lowest BCUT2D eigenvalue weighted by Crippen LogP contribution is -2.43. The molecule has 0 aliphatic rings. The number of fused-ring (bicyclic) bond motifs is 1. The standard InChI is InChI=1S/C22H22N6O3S/c1-13-7-8-19(14(2)9-13)28-22(25-26-27-28)32-12-20(29)24-18(21(30)31)10-15-11-23-17-6-4-3-5-16(15)17/h3-9,11,18,23H,10,12H2,1-2H3,(H,24,29)(H,30,31)/t18-/m0/s1. The van der Waals surface area contributed by atoms with Crippen LogP contribution < -0.4 is 5.32 Å². The van der Waals surface area contributed by atoms with Gasteiger partial charge in [0, 0.05) is 23.5 Å². The fourth-order valence-electron chi connectivity index (χ4n) is 3.55. The third-order valence-corrected chi connectivity index (χ3v) is 6.01. The molecule has 0 radical (unpaired) electrons. The molecule has 2 heterocycles. The molecular weight excluding hydrogens is 428 g/mol. The third-order valence-electron chi connectivity index (χ3n) is 5.09. The number of aliphatic carboxylic acids is 1. The highest BCUT2D eigenvalue weighted by Crippen LogP contribution is 2.22. The van der Waals surface area contributed by atoms with Crippen LogP contribution in [0.3, 0.4) is 0 Å². The van der Waals surface area contributed by atoms with Gasteiger partial charge in [0.2, 0.25) is 11.1 Å². The molecule has 0 spiro atoms. The van der Waals surface area contributed by atoms with Gasteiger partial charge in [0.05, 0.1) is 11.4 Å². The van der Waals surface area contributed by atoms with Crippen LogP contribution in [0.15, 0.2) is 53.8 Å². The van der Waals surface area contributed by atoms with Crippen LogP contribution in [0, 0.1) is 13.8 Å². The molecule has 9 nitrogen and oxygen atoms in total. The van der Waals surface area contributed by atoms with Crippen molar-refractivity contribution >= 4 is 34.5 Å². The molecule has 1 amide bonds. The summed E-state index contributed by atoms with van der Waals surface area (Å²) in [6.45, 7) is 3.97. The molecule has 10 heteroatoms. The van der Waals surface area contributed by atoms with Crippen LogP contribution in [0.1, 0.15) is 16.7 Å². The summed E-state index contributed by atoms with van der Waals surface area (Å²) in [5, 5.41) is 25.4. The number of carboxylic acids is 1. The summed E-state index contributed by atoms with van der Waals surface area (Å²) in [6.07, 6.45) is 1.95. The van der Waals surface area contributed by atoms with Crippen LogP contribution >= 0.6 is 11.8 Å². The van der Waals surface area contributed by atoms with E-state index in [1.807, 2.05) is 56.3 Å². The molecule has 4 aromatic rings. The smallest absolute Gasteiger partial charge is 0.326 e. The first-order valence-corrected chi connectivity index (χ1v) is 11.0. The second kappa shape index (κ2) is 9.23. The molecule has 164 valence electrons. The number of amides is 1. The second-order valence-electron chi connectivity index (χ2n) is 7.47. The summed E-state index contributed by atoms with van der Waals surface area (Å²) in [7, 11) is 0. The molecule has 3 N–H and O–H groups in total. The first-order chi connectivity index (χ1) is 15.4. The van der Waals surface area contributed by atoms with E-state index in [0.29, 0.717) is 5.16 Å². The lowest BCUT2D eigenvalue weighted by Gasteiger charge is -2.14. The summed E-state index contributed by atoms with van der Waals surface area (Å²) in [5.41, 5.74) is 4.72. The van der Waals surface area contributed by atoms with Gasteiger partial charge in [0.15, 0.2) is 0 Å². The van der Waals surface area contributed by atoms with Crippen molar-refractivity contribution in [2.45, 2.75) is 31.5 Å². The lowest BCUT2D eigenvalue weighted by molar-refractivity contribution is -0.141. The van der Waals surface area contributed by atoms with Crippen LogP contribution in [-0.2, 0) is 16.0 Å². The molecule has 2 aromatic heterocycles. The number of hydrogen-bond donors (Lipinski definition) is 3. The number of carbonyl (C=O) groups excluding carboxylic acids is 1. The third kappa shape index (κ3) is 4.65. The number of aromatic amines is 1. The van der Waals surface area contributed by atoms with Crippen LogP contribution in [0.2, 0.25) is 0 Å². The Morgan fingerprint density at radius 2 is 2.03 bits per heavy atom. The van der Waals surface area contributed by atoms with Crippen LogP contribution in [0.25, 0.3) is 16.6 Å². The van der Waals surface area contributed by atoms with Crippen LogP contribution in [0.5, 0.6) is 0 Å². The van der Waals surface area contributed by atoms with Gasteiger partial charge in [-0.3, -0.25) is 4.79 Å². The van der Waals surface area contributed by atoms with E-state index >= 15 is 0 Å². The molecule has 2 aromatic carbocycles. The zero-order valence-corrected chi connectivity index (χ0v) is 18.4. The Balaban J connectivity index is 1.42. The van der Waals surface area contributed by atoms with E-state index in [1.165, 1.54) is 0 Å². The van der Waals surface area contributed by atoms with E-state index in [4.69, 9.17) is 0 Å². The number of carboxylic acid groups (broad SMARTS) is 1. The number of carbonyl (C=O) groups is 2. The number of rotatable bonds is 8. The van der Waals surface area contributed by atoms with Crippen molar-refractivity contribution < 1.29 is 14.7 Å². The van der Waals surface area contributed by atoms with E-state index in [1.54, 1.807) is 10.9 Å². The van der Waals surface area contributed by atoms with E-state index in [9.17, 15) is 14.7 Å². The molecule has 4 rings (SSSR count). The Bertz CT molecular complexity index is 1280. The van der Waals surface area contributed by atoms with Gasteiger partial charge in [-0.2, -0.15) is 4.68 Å². The molecule has 0 aliphatic carbocycles. The van der Waals surface area contributed by atoms with Crippen molar-refractivity contribution in [2.75, 3.05) is 5.75 Å². The molecule has 0 saturated heterocycles. The van der Waals surface area contributed by atoms with Crippen molar-refractivity contribution in [1.29, 1.82) is 0 Å². The van der Waals surface area contributed by atoms with Crippen LogP contribution in [-0.4, -0.2) is 54.0 Å². The van der Waals surface area contributed by atoms with Crippen molar-refractivity contribution in [1.82, 2.24) is 30.5 Å². The number of thioether (sulfide) groups is 1. The summed E-state index contributed by atoms with van der Waals surface area (Å²) in [6, 6.07) is 12.5. The minimum atomic E-state index is -1.09. The Morgan fingerprint density at radius 3 is 2.81 bits per heavy atom. The monoisotopic (exact) mass is 450 g/mol. The Kier molecular flexibility index (Phi) is 6.22. The topological polar surface area (TPSA) is 126 Å². The van der Waals surface area contributed by atoms with Crippen molar-refractivity contribution in [2.24, 2.45) is 0 Å². The highest BCUT2D eigenvalue weighted by atomic mass is 32.2. The normalized spacial score (nSPS) is 12.1. The number of aromatic nitrogens is 5. The number of para-hydroxylation sites is 1. The van der Waals surface area contributed by atoms with Gasteiger partial charge >= 0.3 is 5.97 Å². The van der Waals surface area contributed by atoms with Gasteiger partial charge in [-0.25, -0.2) is 4.79 Å². The predicted molar refractivity (Wildman–Crippen MR) is 121 cm³/mol. The van der Waals surface area contributed by atoms with E-state index in [2.05, 4.69) is 25.8 Å². The van der Waals surface area contributed by atoms with Gasteiger partial charge < -0.3 is 15.4 Å². The molecule has 0 aliphatic heterocycles. The Hall–Kier alpha value is -3.66. The molecular formula is C22H22N6O3S. The average Bonchev–Trinajstić information content (AvgIpc) is 3.39. The SMILES string of the molecule is Cc1ccc(-n2nnnc2SCC(=O)N[C@@H](Cc2c[nH]c3ccccc23)C(=O)O)c(C)c1. The molecule has 0 saturated carbocycles. The predicted octanol–water partition coefficient (Wildman–Crippen LogP) is 2.66. The molecule has 0 unspecified atom stereocenters. The number of nitrogens with zero attached hydrogens (tertiary/aromatic N) is 4. The fraction of sp³-hybridized carbons (Fsp3) is 0.227. The number of hydrogen-bond acceptors (Lipinski definition) is 6. The van der Waals surface area contributed by atoms with Gasteiger partial charge in [-0.15, -0.1) is 5.10 Å². The molecule has 1 atom stereocenters. The summed E-state index contributed by atoms with van der Waals surface area (Å²) in [5.74, 6) is -1.51. The van der Waals surface area contributed by atoms with E-state index < -0.39 is 17.9 Å². The largest absolute Gasteiger partial charge is 0.480 e. The summed E-state index contributed by atoms with van der Waals surface area (Å²) in [4.78, 5) is 27.4. The Morgan fingerprint density at radius 1 is 1.22 bits per heavy atom. The first-order valence-electron chi connectivity index (χ1n) is 9.98. The highest BCUT2D eigenvalue weighted by molar-refractivity contribution is 7.99. The van der Waals surface area contributed by atoms with Crippen molar-refractivity contribution in [3.05, 3.63) is 65.4 Å². The molecule has 0 bridgehead atoms. The van der Waals surface area contributed by atoms with Crippen molar-refractivity contribution in [3.8, 4) is 5.69 Å². The van der Waals surface area contributed by atoms with E-state index in [-0.39, 0.29) is 12.2 Å². The zero-order chi connectivity index (χ0) is 22.7. The van der Waals surface area contributed by atoms with Gasteiger partial charge in [0.25, 0.3) is 0 Å². The number of tetrazole rings is 1. The molecule has 0 fully saturated rings. The maximum Gasteiger partial charge on any atom is 0.326 e. The molecule has 32 heavy (non-hydrogen) atoms. The summed E-state index contributed by atoms with van der Waals surface area (Å²) >= 11 is 1.15. The van der Waals surface area contributed by atoms with Gasteiger partial charge in [-0.1, -0.05) is 47.7 Å². The van der Waals surface area contributed by atoms with Gasteiger partial charge in [-0.05, 0) is 47.5 Å². The number of aryl methyl sites for hydroxylation is 2. The van der Waals surface area contributed by atoms with E-state index in [0.717, 1.165) is 45.0 Å². The average molecular weight is 451 g/mol.